The summed E-state index contributed by atoms with van der Waals surface area (Å²) in [6.45, 7) is 2.07. The third kappa shape index (κ3) is 4.57. The second kappa shape index (κ2) is 9.00. The quantitative estimate of drug-likeness (QED) is 0.278. The second-order valence-electron chi connectivity index (χ2n) is 7.30. The van der Waals surface area contributed by atoms with Crippen molar-refractivity contribution in [3.05, 3.63) is 72.4 Å². The fraction of sp³-hybridized carbons (Fsp3) is 0.0870. The van der Waals surface area contributed by atoms with Gasteiger partial charge in [-0.2, -0.15) is 0 Å². The maximum Gasteiger partial charge on any atom is 0.234 e. The third-order valence-corrected chi connectivity index (χ3v) is 6.86. The number of thioether (sulfide) groups is 1. The van der Waals surface area contributed by atoms with E-state index < -0.39 is 0 Å². The van der Waals surface area contributed by atoms with Gasteiger partial charge >= 0.3 is 0 Å². The summed E-state index contributed by atoms with van der Waals surface area (Å²) in [5.74, 6) is 6.51. The number of hydrogen-bond donors (Lipinski definition) is 2. The molecule has 3 aromatic heterocycles. The van der Waals surface area contributed by atoms with Crippen LogP contribution in [-0.2, 0) is 4.79 Å². The highest BCUT2D eigenvalue weighted by atomic mass is 32.2. The van der Waals surface area contributed by atoms with Crippen molar-refractivity contribution in [1.82, 2.24) is 24.8 Å². The van der Waals surface area contributed by atoms with Crippen LogP contribution in [0, 0.1) is 6.92 Å². The highest BCUT2D eigenvalue weighted by molar-refractivity contribution is 7.99. The molecular weight excluding hydrogens is 454 g/mol. The predicted molar refractivity (Wildman–Crippen MR) is 133 cm³/mol. The number of carbonyl (C=O) groups is 1. The maximum absolute atomic E-state index is 12.4. The molecule has 0 atom stereocenters. The average molecular weight is 474 g/mol. The summed E-state index contributed by atoms with van der Waals surface area (Å²) in [5.41, 5.74) is 4.56. The summed E-state index contributed by atoms with van der Waals surface area (Å²) < 4.78 is 2.51. The van der Waals surface area contributed by atoms with Crippen molar-refractivity contribution in [2.75, 3.05) is 16.9 Å². The highest BCUT2D eigenvalue weighted by Gasteiger charge is 2.14. The van der Waals surface area contributed by atoms with Crippen molar-refractivity contribution in [3.63, 3.8) is 0 Å². The average Bonchev–Trinajstić information content (AvgIpc) is 3.41. The summed E-state index contributed by atoms with van der Waals surface area (Å²) in [7, 11) is 0. The predicted octanol–water partition coefficient (Wildman–Crippen LogP) is 4.37. The topological polar surface area (TPSA) is 112 Å². The van der Waals surface area contributed by atoms with Crippen LogP contribution in [0.2, 0.25) is 0 Å². The number of hydrogen-bond acceptors (Lipinski definition) is 8. The Labute approximate surface area is 197 Å². The van der Waals surface area contributed by atoms with Gasteiger partial charge in [0.1, 0.15) is 10.7 Å². The van der Waals surface area contributed by atoms with E-state index in [-0.39, 0.29) is 11.7 Å². The van der Waals surface area contributed by atoms with Crippen LogP contribution in [0.5, 0.6) is 0 Å². The number of nitrogens with one attached hydrogen (secondary N) is 1. The highest BCUT2D eigenvalue weighted by Crippen LogP contribution is 2.31. The number of carbonyl (C=O) groups excluding carboxylic acids is 1. The minimum atomic E-state index is -0.161. The lowest BCUT2D eigenvalue weighted by Crippen LogP contribution is -2.16. The van der Waals surface area contributed by atoms with E-state index in [1.54, 1.807) is 23.6 Å². The summed E-state index contributed by atoms with van der Waals surface area (Å²) in [4.78, 5) is 21.4. The first-order valence-corrected chi connectivity index (χ1v) is 11.9. The van der Waals surface area contributed by atoms with Crippen LogP contribution in [0.3, 0.4) is 0 Å². The lowest BCUT2D eigenvalue weighted by Gasteiger charge is -2.06. The zero-order chi connectivity index (χ0) is 22.8. The van der Waals surface area contributed by atoms with Crippen molar-refractivity contribution >= 4 is 44.9 Å². The van der Waals surface area contributed by atoms with Gasteiger partial charge in [0.15, 0.2) is 0 Å². The number of rotatable bonds is 6. The molecule has 3 N–H and O–H groups in total. The molecular formula is C23H19N7OS2. The number of thiazole rings is 1. The summed E-state index contributed by atoms with van der Waals surface area (Å²) in [5, 5.41) is 12.4. The van der Waals surface area contributed by atoms with Crippen LogP contribution >= 0.6 is 23.1 Å². The molecule has 0 spiro atoms. The molecule has 164 valence electrons. The Balaban J connectivity index is 1.21. The standard InChI is InChI=1S/C23H19N7OS2/c1-14-5-10-17-19(12-14)33-22(27-17)15-6-8-16(9-7-15)26-20(31)13-32-23-29-28-21(30(23)24)18-4-2-3-11-25-18/h2-12H,13,24H2,1H3,(H,26,31). The van der Waals surface area contributed by atoms with E-state index in [2.05, 4.69) is 39.6 Å². The van der Waals surface area contributed by atoms with Crippen molar-refractivity contribution in [3.8, 4) is 22.1 Å². The van der Waals surface area contributed by atoms with Gasteiger partial charge in [-0.3, -0.25) is 9.78 Å². The SMILES string of the molecule is Cc1ccc2nc(-c3ccc(NC(=O)CSc4nnc(-c5ccccn5)n4N)cc3)sc2c1. The van der Waals surface area contributed by atoms with Gasteiger partial charge in [-0.1, -0.05) is 23.9 Å². The van der Waals surface area contributed by atoms with Crippen LogP contribution in [0.1, 0.15) is 5.56 Å². The number of amides is 1. The molecule has 0 aliphatic carbocycles. The number of nitrogen functional groups attached to an aromatic ring is 1. The Morgan fingerprint density at radius 3 is 2.76 bits per heavy atom. The van der Waals surface area contributed by atoms with Gasteiger partial charge in [-0.05, 0) is 61.0 Å². The number of nitrogens with zero attached hydrogens (tertiary/aromatic N) is 5. The summed E-state index contributed by atoms with van der Waals surface area (Å²) in [6, 6.07) is 19.4. The molecule has 5 rings (SSSR count). The fourth-order valence-corrected chi connectivity index (χ4v) is 4.95. The smallest absolute Gasteiger partial charge is 0.234 e. The molecule has 5 aromatic rings. The van der Waals surface area contributed by atoms with Gasteiger partial charge in [-0.25, -0.2) is 9.66 Å². The fourth-order valence-electron chi connectivity index (χ4n) is 3.22. The van der Waals surface area contributed by atoms with E-state index in [9.17, 15) is 4.79 Å². The van der Waals surface area contributed by atoms with Crippen LogP contribution < -0.4 is 11.2 Å². The Morgan fingerprint density at radius 2 is 1.97 bits per heavy atom. The molecule has 8 nitrogen and oxygen atoms in total. The molecule has 0 fully saturated rings. The van der Waals surface area contributed by atoms with Crippen LogP contribution in [0.25, 0.3) is 32.3 Å². The number of fused-ring (bicyclic) bond motifs is 1. The molecule has 0 bridgehead atoms. The summed E-state index contributed by atoms with van der Waals surface area (Å²) >= 11 is 2.87. The first-order valence-electron chi connectivity index (χ1n) is 10.1. The largest absolute Gasteiger partial charge is 0.335 e. The van der Waals surface area contributed by atoms with E-state index in [0.29, 0.717) is 22.4 Å². The van der Waals surface area contributed by atoms with E-state index >= 15 is 0 Å². The number of aromatic nitrogens is 5. The number of aryl methyl sites for hydroxylation is 1. The Morgan fingerprint density at radius 1 is 1.12 bits per heavy atom. The molecule has 0 saturated carbocycles. The van der Waals surface area contributed by atoms with Gasteiger partial charge in [0.2, 0.25) is 16.9 Å². The Kier molecular flexibility index (Phi) is 5.76. The number of pyridine rings is 1. The Bertz CT molecular complexity index is 1430. The van der Waals surface area contributed by atoms with Gasteiger partial charge < -0.3 is 11.2 Å². The zero-order valence-electron chi connectivity index (χ0n) is 17.6. The minimum Gasteiger partial charge on any atom is -0.335 e. The van der Waals surface area contributed by atoms with Crippen molar-refractivity contribution in [2.45, 2.75) is 12.1 Å². The number of benzene rings is 2. The molecule has 1 amide bonds. The molecule has 10 heteroatoms. The zero-order valence-corrected chi connectivity index (χ0v) is 19.2. The number of nitrogens with two attached hydrogens (primary N) is 1. The van der Waals surface area contributed by atoms with Crippen LogP contribution in [0.15, 0.2) is 72.0 Å². The molecule has 0 radical (unpaired) electrons. The van der Waals surface area contributed by atoms with Gasteiger partial charge in [0, 0.05) is 17.4 Å². The normalized spacial score (nSPS) is 11.1. The van der Waals surface area contributed by atoms with E-state index in [1.165, 1.54) is 26.7 Å². The van der Waals surface area contributed by atoms with Gasteiger partial charge in [0.05, 0.1) is 16.0 Å². The second-order valence-corrected chi connectivity index (χ2v) is 9.27. The van der Waals surface area contributed by atoms with Crippen molar-refractivity contribution < 1.29 is 4.79 Å². The van der Waals surface area contributed by atoms with Crippen molar-refractivity contribution in [2.24, 2.45) is 0 Å². The monoisotopic (exact) mass is 473 g/mol. The molecule has 0 aliphatic rings. The third-order valence-electron chi connectivity index (χ3n) is 4.85. The molecule has 33 heavy (non-hydrogen) atoms. The van der Waals surface area contributed by atoms with Crippen molar-refractivity contribution in [1.29, 1.82) is 0 Å². The van der Waals surface area contributed by atoms with Gasteiger partial charge in [-0.15, -0.1) is 21.5 Å². The lowest BCUT2D eigenvalue weighted by atomic mass is 10.2. The maximum atomic E-state index is 12.4. The van der Waals surface area contributed by atoms with E-state index in [0.717, 1.165) is 16.1 Å². The van der Waals surface area contributed by atoms with Gasteiger partial charge in [0.25, 0.3) is 0 Å². The molecule has 3 heterocycles. The minimum absolute atomic E-state index is 0.149. The first-order chi connectivity index (χ1) is 16.1. The first kappa shape index (κ1) is 21.1. The lowest BCUT2D eigenvalue weighted by molar-refractivity contribution is -0.113. The van der Waals surface area contributed by atoms with E-state index in [1.807, 2.05) is 42.5 Å². The van der Waals surface area contributed by atoms with E-state index in [4.69, 9.17) is 10.8 Å². The summed E-state index contributed by atoms with van der Waals surface area (Å²) in [6.07, 6.45) is 1.66. The number of anilines is 1. The Hall–Kier alpha value is -3.76. The molecule has 0 saturated heterocycles. The van der Waals surface area contributed by atoms with Crippen LogP contribution in [-0.4, -0.2) is 36.5 Å². The van der Waals surface area contributed by atoms with Crippen LogP contribution in [0.4, 0.5) is 5.69 Å². The molecule has 0 aliphatic heterocycles. The molecule has 0 unspecified atom stereocenters. The molecule has 2 aromatic carbocycles.